The topological polar surface area (TPSA) is 69.6 Å². The third-order valence-electron chi connectivity index (χ3n) is 2.36. The Morgan fingerprint density at radius 2 is 2.00 bits per heavy atom. The van der Waals surface area contributed by atoms with Crippen LogP contribution in [0.1, 0.15) is 12.0 Å². The predicted octanol–water partition coefficient (Wildman–Crippen LogP) is 1.31. The average molecular weight is 258 g/mol. The van der Waals surface area contributed by atoms with Gasteiger partial charge in [-0.1, -0.05) is 23.7 Å². The zero-order chi connectivity index (χ0) is 12.7. The first-order valence-electron chi connectivity index (χ1n) is 5.42. The molecule has 3 N–H and O–H groups in total. The molecular weight excluding hydrogens is 242 g/mol. The summed E-state index contributed by atoms with van der Waals surface area (Å²) in [6.07, 6.45) is 0.631. The highest BCUT2D eigenvalue weighted by Gasteiger charge is 2.12. The molecule has 0 fully saturated rings. The van der Waals surface area contributed by atoms with E-state index >= 15 is 0 Å². The molecule has 0 spiro atoms. The van der Waals surface area contributed by atoms with Crippen molar-refractivity contribution in [1.82, 2.24) is 5.32 Å². The molecule has 0 aromatic heterocycles. The van der Waals surface area contributed by atoms with E-state index in [1.807, 2.05) is 12.1 Å². The number of hydrogen-bond acceptors (Lipinski definition) is 3. The van der Waals surface area contributed by atoms with Crippen LogP contribution in [0.4, 0.5) is 0 Å². The van der Waals surface area contributed by atoms with Crippen molar-refractivity contribution in [3.05, 3.63) is 34.9 Å². The zero-order valence-electron chi connectivity index (χ0n) is 9.40. The van der Waals surface area contributed by atoms with Crippen LogP contribution in [0.25, 0.3) is 0 Å². The molecule has 4 nitrogen and oxygen atoms in total. The van der Waals surface area contributed by atoms with Gasteiger partial charge in [-0.15, -0.1) is 0 Å². The minimum atomic E-state index is -0.852. The van der Waals surface area contributed by atoms with Gasteiger partial charge in [-0.3, -0.25) is 4.79 Å². The number of carboxylic acids is 1. The number of benzene rings is 1. The van der Waals surface area contributed by atoms with Crippen LogP contribution in [0.2, 0.25) is 5.02 Å². The van der Waals surface area contributed by atoms with Crippen molar-refractivity contribution in [3.8, 4) is 0 Å². The third kappa shape index (κ3) is 5.68. The van der Waals surface area contributed by atoms with E-state index < -0.39 is 5.97 Å². The van der Waals surface area contributed by atoms with Crippen LogP contribution < -0.4 is 5.32 Å². The molecule has 94 valence electrons. The van der Waals surface area contributed by atoms with Crippen LogP contribution in [0.3, 0.4) is 0 Å². The monoisotopic (exact) mass is 257 g/mol. The van der Waals surface area contributed by atoms with Crippen molar-refractivity contribution in [3.63, 3.8) is 0 Å². The van der Waals surface area contributed by atoms with Crippen LogP contribution in [-0.2, 0) is 11.2 Å². The summed E-state index contributed by atoms with van der Waals surface area (Å²) in [7, 11) is 0. The van der Waals surface area contributed by atoms with E-state index in [-0.39, 0.29) is 19.1 Å². The molecule has 0 heterocycles. The van der Waals surface area contributed by atoms with Gasteiger partial charge in [0, 0.05) is 17.6 Å². The molecule has 1 aromatic carbocycles. The van der Waals surface area contributed by atoms with Crippen LogP contribution in [0.5, 0.6) is 0 Å². The summed E-state index contributed by atoms with van der Waals surface area (Å²) in [6.45, 7) is 0.391. The van der Waals surface area contributed by atoms with E-state index in [9.17, 15) is 4.79 Å². The van der Waals surface area contributed by atoms with Crippen LogP contribution in [-0.4, -0.2) is 35.4 Å². The molecule has 0 radical (unpaired) electrons. The number of aliphatic carboxylic acids is 1. The minimum absolute atomic E-state index is 0.00324. The summed E-state index contributed by atoms with van der Waals surface area (Å²) in [5.41, 5.74) is 1.02. The van der Waals surface area contributed by atoms with Gasteiger partial charge in [0.2, 0.25) is 0 Å². The Bertz CT molecular complexity index is 353. The lowest BCUT2D eigenvalue weighted by molar-refractivity contribution is -0.137. The second-order valence-corrected chi connectivity index (χ2v) is 4.24. The Kier molecular flexibility index (Phi) is 5.97. The van der Waals surface area contributed by atoms with Crippen molar-refractivity contribution in [2.75, 3.05) is 13.2 Å². The summed E-state index contributed by atoms with van der Waals surface area (Å²) in [5.74, 6) is -0.852. The maximum absolute atomic E-state index is 10.7. The lowest BCUT2D eigenvalue weighted by Crippen LogP contribution is -2.35. The average Bonchev–Trinajstić information content (AvgIpc) is 2.28. The zero-order valence-corrected chi connectivity index (χ0v) is 10.2. The molecule has 1 rings (SSSR count). The van der Waals surface area contributed by atoms with E-state index in [0.29, 0.717) is 18.0 Å². The highest BCUT2D eigenvalue weighted by atomic mass is 35.5. The van der Waals surface area contributed by atoms with Crippen molar-refractivity contribution >= 4 is 17.6 Å². The second-order valence-electron chi connectivity index (χ2n) is 3.80. The number of carbonyl (C=O) groups is 1. The van der Waals surface area contributed by atoms with Crippen molar-refractivity contribution < 1.29 is 15.0 Å². The highest BCUT2D eigenvalue weighted by Crippen LogP contribution is 2.12. The van der Waals surface area contributed by atoms with E-state index in [4.69, 9.17) is 21.8 Å². The number of hydrogen-bond donors (Lipinski definition) is 3. The van der Waals surface area contributed by atoms with Gasteiger partial charge in [-0.2, -0.15) is 0 Å². The molecule has 1 unspecified atom stereocenters. The highest BCUT2D eigenvalue weighted by molar-refractivity contribution is 6.30. The summed E-state index contributed by atoms with van der Waals surface area (Å²) >= 11 is 5.77. The van der Waals surface area contributed by atoms with Gasteiger partial charge in [-0.25, -0.2) is 0 Å². The number of rotatable bonds is 7. The molecule has 0 amide bonds. The second kappa shape index (κ2) is 7.27. The first kappa shape index (κ1) is 14.0. The van der Waals surface area contributed by atoms with Gasteiger partial charge in [0.15, 0.2) is 0 Å². The fourth-order valence-electron chi connectivity index (χ4n) is 1.60. The smallest absolute Gasteiger partial charge is 0.304 e. The van der Waals surface area contributed by atoms with Crippen LogP contribution in [0, 0.1) is 0 Å². The van der Waals surface area contributed by atoms with Gasteiger partial charge >= 0.3 is 5.97 Å². The third-order valence-corrected chi connectivity index (χ3v) is 2.61. The summed E-state index contributed by atoms with van der Waals surface area (Å²) in [4.78, 5) is 10.7. The number of carboxylic acid groups (broad SMARTS) is 1. The Labute approximate surface area is 105 Å². The molecule has 1 aromatic rings. The normalized spacial score (nSPS) is 12.4. The van der Waals surface area contributed by atoms with Gasteiger partial charge in [-0.05, 0) is 24.1 Å². The maximum atomic E-state index is 10.7. The fraction of sp³-hybridized carbons (Fsp3) is 0.417. The van der Waals surface area contributed by atoms with Gasteiger partial charge in [0.05, 0.1) is 13.0 Å². The van der Waals surface area contributed by atoms with Crippen molar-refractivity contribution in [1.29, 1.82) is 0 Å². The molecule has 0 saturated heterocycles. The standard InChI is InChI=1S/C12H16ClNO3/c13-10-3-1-9(2-4-10)7-11(8-12(16)17)14-5-6-15/h1-4,11,14-15H,5-8H2,(H,16,17). The number of aliphatic hydroxyl groups is 1. The Morgan fingerprint density at radius 1 is 1.35 bits per heavy atom. The van der Waals surface area contributed by atoms with E-state index in [1.165, 1.54) is 0 Å². The lowest BCUT2D eigenvalue weighted by atomic mass is 10.0. The molecule has 5 heteroatoms. The summed E-state index contributed by atoms with van der Waals surface area (Å²) < 4.78 is 0. The molecule has 0 aliphatic rings. The first-order chi connectivity index (χ1) is 8.11. The predicted molar refractivity (Wildman–Crippen MR) is 66.3 cm³/mol. The Morgan fingerprint density at radius 3 is 2.53 bits per heavy atom. The van der Waals surface area contributed by atoms with Crippen LogP contribution in [0.15, 0.2) is 24.3 Å². The molecule has 0 saturated carbocycles. The molecule has 0 bridgehead atoms. The molecule has 0 aliphatic carbocycles. The van der Waals surface area contributed by atoms with E-state index in [0.717, 1.165) is 5.56 Å². The summed E-state index contributed by atoms with van der Waals surface area (Å²) in [5, 5.41) is 21.2. The quantitative estimate of drug-likeness (QED) is 0.689. The minimum Gasteiger partial charge on any atom is -0.481 e. The van der Waals surface area contributed by atoms with Gasteiger partial charge < -0.3 is 15.5 Å². The van der Waals surface area contributed by atoms with Gasteiger partial charge in [0.25, 0.3) is 0 Å². The molecule has 17 heavy (non-hydrogen) atoms. The maximum Gasteiger partial charge on any atom is 0.304 e. The molecule has 1 atom stereocenters. The van der Waals surface area contributed by atoms with E-state index in [1.54, 1.807) is 12.1 Å². The van der Waals surface area contributed by atoms with Crippen molar-refractivity contribution in [2.45, 2.75) is 18.9 Å². The molecule has 0 aliphatic heterocycles. The van der Waals surface area contributed by atoms with Crippen LogP contribution >= 0.6 is 11.6 Å². The van der Waals surface area contributed by atoms with Crippen molar-refractivity contribution in [2.24, 2.45) is 0 Å². The number of aliphatic hydroxyl groups excluding tert-OH is 1. The number of nitrogens with one attached hydrogen (secondary N) is 1. The van der Waals surface area contributed by atoms with E-state index in [2.05, 4.69) is 5.32 Å². The lowest BCUT2D eigenvalue weighted by Gasteiger charge is -2.16. The van der Waals surface area contributed by atoms with Gasteiger partial charge in [0.1, 0.15) is 0 Å². The molecular formula is C12H16ClNO3. The SMILES string of the molecule is O=C(O)CC(Cc1ccc(Cl)cc1)NCCO. The Balaban J connectivity index is 2.57. The largest absolute Gasteiger partial charge is 0.481 e. The Hall–Kier alpha value is -1.10. The number of halogens is 1. The fourth-order valence-corrected chi connectivity index (χ4v) is 1.73. The summed E-state index contributed by atoms with van der Waals surface area (Å²) in [6, 6.07) is 7.12. The first-order valence-corrected chi connectivity index (χ1v) is 5.80.